The maximum absolute atomic E-state index is 14.8. The van der Waals surface area contributed by atoms with Crippen LogP contribution in [0.1, 0.15) is 86.1 Å². The van der Waals surface area contributed by atoms with Crippen molar-refractivity contribution in [2.75, 3.05) is 18.6 Å². The van der Waals surface area contributed by atoms with Crippen LogP contribution in [0.25, 0.3) is 0 Å². The molecule has 0 spiro atoms. The van der Waals surface area contributed by atoms with Gasteiger partial charge >= 0.3 is 12.1 Å². The Morgan fingerprint density at radius 2 is 1.63 bits per heavy atom. The van der Waals surface area contributed by atoms with Crippen molar-refractivity contribution in [3.63, 3.8) is 0 Å². The van der Waals surface area contributed by atoms with Crippen LogP contribution in [0, 0.1) is 0 Å². The number of hydrogen-bond acceptors (Lipinski definition) is 7. The number of thiol groups is 1. The van der Waals surface area contributed by atoms with E-state index in [0.717, 1.165) is 11.1 Å². The molecule has 3 atom stereocenters. The summed E-state index contributed by atoms with van der Waals surface area (Å²) in [5.74, 6) is -1.11. The first-order valence-corrected chi connectivity index (χ1v) is 16.1. The molecule has 0 bridgehead atoms. The predicted molar refractivity (Wildman–Crippen MR) is 181 cm³/mol. The zero-order valence-electron chi connectivity index (χ0n) is 27.1. The third-order valence-corrected chi connectivity index (χ3v) is 8.04. The highest BCUT2D eigenvalue weighted by Gasteiger charge is 2.43. The molecule has 3 aromatic rings. The zero-order chi connectivity index (χ0) is 33.4. The molecule has 9 nitrogen and oxygen atoms in total. The number of fused-ring (bicyclic) bond motifs is 1. The second kappa shape index (κ2) is 15.3. The summed E-state index contributed by atoms with van der Waals surface area (Å²) in [5.41, 5.74) is 2.50. The smallest absolute Gasteiger partial charge is 0.408 e. The predicted octanol–water partition coefficient (Wildman–Crippen LogP) is 6.64. The molecule has 0 aliphatic carbocycles. The number of amides is 3. The molecule has 4 rings (SSSR count). The molecule has 1 aliphatic heterocycles. The number of carbonyl (C=O) groups is 4. The summed E-state index contributed by atoms with van der Waals surface area (Å²) in [7, 11) is 1.67. The van der Waals surface area contributed by atoms with Crippen molar-refractivity contribution in [1.82, 2.24) is 10.2 Å². The molecule has 3 aromatic carbocycles. The average molecular weight is 646 g/mol. The lowest BCUT2D eigenvalue weighted by atomic mass is 9.95. The molecule has 46 heavy (non-hydrogen) atoms. The van der Waals surface area contributed by atoms with Crippen molar-refractivity contribution in [2.45, 2.75) is 76.4 Å². The van der Waals surface area contributed by atoms with Gasteiger partial charge < -0.3 is 24.6 Å². The molecule has 0 radical (unpaired) electrons. The lowest BCUT2D eigenvalue weighted by Crippen LogP contribution is -2.44. The fourth-order valence-electron chi connectivity index (χ4n) is 5.59. The molecule has 0 fully saturated rings. The Hall–Kier alpha value is -4.31. The first-order chi connectivity index (χ1) is 21.9. The van der Waals surface area contributed by atoms with Crippen LogP contribution < -0.4 is 10.2 Å². The monoisotopic (exact) mass is 645 g/mol. The zero-order valence-corrected chi connectivity index (χ0v) is 28.0. The molecule has 244 valence electrons. The molecule has 0 saturated carbocycles. The molecule has 1 N–H and O–H groups in total. The number of nitrogens with one attached hydrogen (secondary N) is 1. The van der Waals surface area contributed by atoms with Gasteiger partial charge in [0.15, 0.2) is 0 Å². The van der Waals surface area contributed by atoms with Crippen molar-refractivity contribution in [2.24, 2.45) is 0 Å². The summed E-state index contributed by atoms with van der Waals surface area (Å²) in [4.78, 5) is 57.2. The standard InChI is InChI=1S/C36H43N3O6S/c1-6-44-31(40)23-29(25-15-9-7-10-16-25)39-32(26-17-11-8-12-18-26)34(42)38(5)28-21-20-24(22-27(28)33(39)41)14-13-19-30(46)37-35(43)45-36(2,3)4/h7-12,15-18,20-22,29-30,32,46H,6,13-14,19,23H2,1-5H3,(H,37,43). The van der Waals surface area contributed by atoms with Gasteiger partial charge in [0.05, 0.1) is 35.7 Å². The molecule has 3 unspecified atom stereocenters. The maximum Gasteiger partial charge on any atom is 0.408 e. The van der Waals surface area contributed by atoms with E-state index in [-0.39, 0.29) is 24.8 Å². The van der Waals surface area contributed by atoms with Gasteiger partial charge in [0.2, 0.25) is 0 Å². The fourth-order valence-corrected chi connectivity index (χ4v) is 5.87. The highest BCUT2D eigenvalue weighted by atomic mass is 32.1. The van der Waals surface area contributed by atoms with Gasteiger partial charge in [-0.25, -0.2) is 4.79 Å². The Kier molecular flexibility index (Phi) is 11.5. The van der Waals surface area contributed by atoms with Crippen molar-refractivity contribution in [3.05, 3.63) is 101 Å². The van der Waals surface area contributed by atoms with Crippen LogP contribution >= 0.6 is 12.6 Å². The number of benzene rings is 3. The summed E-state index contributed by atoms with van der Waals surface area (Å²) < 4.78 is 10.6. The SMILES string of the molecule is CCOC(=O)CC(c1ccccc1)N1C(=O)c2cc(CCCC(S)NC(=O)OC(C)(C)C)ccc2N(C)C(=O)C1c1ccccc1. The lowest BCUT2D eigenvalue weighted by molar-refractivity contribution is -0.145. The summed E-state index contributed by atoms with van der Waals surface area (Å²) in [6.07, 6.45) is 1.21. The second-order valence-electron chi connectivity index (χ2n) is 12.3. The molecular formula is C36H43N3O6S. The number of carbonyl (C=O) groups excluding carboxylic acids is 4. The number of alkyl carbamates (subject to hydrolysis) is 1. The summed E-state index contributed by atoms with van der Waals surface area (Å²) >= 11 is 4.50. The Morgan fingerprint density at radius 3 is 2.26 bits per heavy atom. The van der Waals surface area contributed by atoms with Gasteiger partial charge in [-0.3, -0.25) is 14.4 Å². The number of rotatable bonds is 11. The summed E-state index contributed by atoms with van der Waals surface area (Å²) in [6.45, 7) is 7.33. The third-order valence-electron chi connectivity index (χ3n) is 7.66. The van der Waals surface area contributed by atoms with E-state index in [1.165, 1.54) is 4.90 Å². The van der Waals surface area contributed by atoms with E-state index < -0.39 is 35.1 Å². The molecule has 1 aliphatic rings. The minimum Gasteiger partial charge on any atom is -0.466 e. The number of anilines is 1. The van der Waals surface area contributed by atoms with Gasteiger partial charge in [0.1, 0.15) is 11.6 Å². The molecular weight excluding hydrogens is 602 g/mol. The third kappa shape index (κ3) is 8.69. The van der Waals surface area contributed by atoms with Crippen molar-refractivity contribution >= 4 is 42.2 Å². The van der Waals surface area contributed by atoms with E-state index in [1.807, 2.05) is 72.8 Å². The molecule has 3 amide bonds. The van der Waals surface area contributed by atoms with Crippen molar-refractivity contribution in [1.29, 1.82) is 0 Å². The number of aryl methyl sites for hydroxylation is 1. The van der Waals surface area contributed by atoms with E-state index in [9.17, 15) is 19.2 Å². The number of likely N-dealkylation sites (N-methyl/N-ethyl adjacent to an activating group) is 1. The fraction of sp³-hybridized carbons (Fsp3) is 0.389. The normalized spacial score (nSPS) is 16.3. The topological polar surface area (TPSA) is 105 Å². The Bertz CT molecular complexity index is 1530. The Balaban J connectivity index is 1.69. The van der Waals surface area contributed by atoms with Crippen molar-refractivity contribution in [3.8, 4) is 0 Å². The summed E-state index contributed by atoms with van der Waals surface area (Å²) in [5, 5.41) is 2.33. The number of ether oxygens (including phenoxy) is 2. The van der Waals surface area contributed by atoms with E-state index in [2.05, 4.69) is 17.9 Å². The van der Waals surface area contributed by atoms with Gasteiger partial charge in [-0.1, -0.05) is 66.7 Å². The van der Waals surface area contributed by atoms with E-state index >= 15 is 0 Å². The Morgan fingerprint density at radius 1 is 0.978 bits per heavy atom. The molecule has 10 heteroatoms. The van der Waals surface area contributed by atoms with Crippen LogP contribution in [-0.4, -0.2) is 53.4 Å². The minimum absolute atomic E-state index is 0.118. The first-order valence-electron chi connectivity index (χ1n) is 15.6. The second-order valence-corrected chi connectivity index (χ2v) is 12.9. The Labute approximate surface area is 276 Å². The lowest BCUT2D eigenvalue weighted by Gasteiger charge is -2.37. The van der Waals surface area contributed by atoms with E-state index in [0.29, 0.717) is 36.1 Å². The summed E-state index contributed by atoms with van der Waals surface area (Å²) in [6, 6.07) is 22.2. The average Bonchev–Trinajstić information content (AvgIpc) is 3.08. The van der Waals surface area contributed by atoms with Crippen LogP contribution in [0.2, 0.25) is 0 Å². The highest BCUT2D eigenvalue weighted by Crippen LogP contribution is 2.41. The largest absolute Gasteiger partial charge is 0.466 e. The van der Waals surface area contributed by atoms with E-state index in [1.54, 1.807) is 45.7 Å². The number of hydrogen-bond donors (Lipinski definition) is 2. The highest BCUT2D eigenvalue weighted by molar-refractivity contribution is 7.80. The first kappa shape index (κ1) is 34.6. The van der Waals surface area contributed by atoms with Gasteiger partial charge in [-0.05, 0) is 75.8 Å². The maximum atomic E-state index is 14.8. The van der Waals surface area contributed by atoms with Gasteiger partial charge in [0, 0.05) is 7.05 Å². The quantitative estimate of drug-likeness (QED) is 0.138. The van der Waals surface area contributed by atoms with Crippen LogP contribution in [0.3, 0.4) is 0 Å². The number of nitrogens with zero attached hydrogens (tertiary/aromatic N) is 2. The van der Waals surface area contributed by atoms with Crippen molar-refractivity contribution < 1.29 is 28.7 Å². The van der Waals surface area contributed by atoms with Gasteiger partial charge in [-0.2, -0.15) is 12.6 Å². The van der Waals surface area contributed by atoms with Gasteiger partial charge in [-0.15, -0.1) is 0 Å². The molecule has 0 saturated heterocycles. The van der Waals surface area contributed by atoms with Gasteiger partial charge in [0.25, 0.3) is 11.8 Å². The minimum atomic E-state index is -0.988. The molecule has 1 heterocycles. The number of esters is 1. The van der Waals surface area contributed by atoms with Crippen LogP contribution in [0.15, 0.2) is 78.9 Å². The van der Waals surface area contributed by atoms with Crippen LogP contribution in [-0.2, 0) is 25.5 Å². The molecule has 0 aromatic heterocycles. The van der Waals surface area contributed by atoms with E-state index in [4.69, 9.17) is 9.47 Å². The van der Waals surface area contributed by atoms with Crippen LogP contribution in [0.5, 0.6) is 0 Å². The van der Waals surface area contributed by atoms with Crippen LogP contribution in [0.4, 0.5) is 10.5 Å².